The molecule has 158 valence electrons. The number of rotatable bonds is 5. The molecule has 0 aliphatic carbocycles. The molecular formula is C18H10Cl5NO4S2. The Labute approximate surface area is 198 Å². The van der Waals surface area contributed by atoms with Crippen LogP contribution < -0.4 is 3.71 Å². The number of anilines is 1. The molecule has 0 aromatic heterocycles. The average molecular weight is 546 g/mol. The lowest BCUT2D eigenvalue weighted by Gasteiger charge is -2.26. The summed E-state index contributed by atoms with van der Waals surface area (Å²) in [5, 5.41) is -0.739. The number of sulfonamides is 2. The summed E-state index contributed by atoms with van der Waals surface area (Å²) in [4.78, 5) is -0.908. The fourth-order valence-electron chi connectivity index (χ4n) is 2.53. The van der Waals surface area contributed by atoms with E-state index in [0.717, 1.165) is 24.3 Å². The van der Waals surface area contributed by atoms with Crippen molar-refractivity contribution < 1.29 is 16.8 Å². The van der Waals surface area contributed by atoms with Crippen LogP contribution in [-0.2, 0) is 20.0 Å². The van der Waals surface area contributed by atoms with Gasteiger partial charge in [0.15, 0.2) is 0 Å². The normalized spacial score (nSPS) is 12.0. The van der Waals surface area contributed by atoms with Gasteiger partial charge in [-0.2, -0.15) is 20.5 Å². The standard InChI is InChI=1S/C18H10Cl5NO4S2/c19-11-5-1-3-7-17(11)29(25,26)24(16-10-14(22)13(21)9-15(16)23)30(27,28)18-8-4-2-6-12(18)20/h1-10H. The Morgan fingerprint density at radius 1 is 0.533 bits per heavy atom. The minimum absolute atomic E-state index is 0.00986. The van der Waals surface area contributed by atoms with Gasteiger partial charge in [-0.05, 0) is 36.4 Å². The van der Waals surface area contributed by atoms with E-state index in [2.05, 4.69) is 0 Å². The number of benzene rings is 3. The van der Waals surface area contributed by atoms with Crippen molar-refractivity contribution in [3.05, 3.63) is 85.8 Å². The van der Waals surface area contributed by atoms with Crippen molar-refractivity contribution in [1.82, 2.24) is 0 Å². The van der Waals surface area contributed by atoms with Crippen LogP contribution in [0.5, 0.6) is 0 Å². The molecule has 3 aromatic rings. The van der Waals surface area contributed by atoms with Crippen molar-refractivity contribution in [2.75, 3.05) is 3.71 Å². The van der Waals surface area contributed by atoms with Gasteiger partial charge in [0, 0.05) is 0 Å². The molecule has 0 bridgehead atoms. The lowest BCUT2D eigenvalue weighted by molar-refractivity contribution is 0.584. The van der Waals surface area contributed by atoms with E-state index in [1.807, 2.05) is 0 Å². The summed E-state index contributed by atoms with van der Waals surface area (Å²) >= 11 is 30.3. The topological polar surface area (TPSA) is 71.5 Å². The fourth-order valence-corrected chi connectivity index (χ4v) is 7.93. The van der Waals surface area contributed by atoms with E-state index < -0.39 is 35.5 Å². The number of hydrogen-bond donors (Lipinski definition) is 0. The van der Waals surface area contributed by atoms with Crippen LogP contribution in [-0.4, -0.2) is 16.8 Å². The first kappa shape index (κ1) is 23.5. The van der Waals surface area contributed by atoms with E-state index in [4.69, 9.17) is 58.0 Å². The van der Waals surface area contributed by atoms with E-state index in [0.29, 0.717) is 0 Å². The van der Waals surface area contributed by atoms with Gasteiger partial charge in [-0.3, -0.25) is 0 Å². The summed E-state index contributed by atoms with van der Waals surface area (Å²) in [6.07, 6.45) is 0. The van der Waals surface area contributed by atoms with Crippen molar-refractivity contribution in [3.63, 3.8) is 0 Å². The van der Waals surface area contributed by atoms with Gasteiger partial charge in [-0.1, -0.05) is 82.3 Å². The van der Waals surface area contributed by atoms with Gasteiger partial charge >= 0.3 is 0 Å². The molecule has 0 atom stereocenters. The zero-order valence-electron chi connectivity index (χ0n) is 14.6. The summed E-state index contributed by atoms with van der Waals surface area (Å²) in [5.74, 6) is 0. The van der Waals surface area contributed by atoms with Crippen molar-refractivity contribution in [2.45, 2.75) is 9.79 Å². The van der Waals surface area contributed by atoms with Crippen LogP contribution in [0.1, 0.15) is 0 Å². The first-order valence-corrected chi connectivity index (χ1v) is 12.7. The first-order valence-electron chi connectivity index (χ1n) is 7.92. The summed E-state index contributed by atoms with van der Waals surface area (Å²) < 4.78 is 54.2. The predicted molar refractivity (Wildman–Crippen MR) is 121 cm³/mol. The Bertz CT molecular complexity index is 1270. The van der Waals surface area contributed by atoms with Crippen LogP contribution >= 0.6 is 58.0 Å². The molecule has 0 radical (unpaired) electrons. The molecule has 0 aliphatic heterocycles. The van der Waals surface area contributed by atoms with E-state index in [1.165, 1.54) is 36.4 Å². The lowest BCUT2D eigenvalue weighted by Crippen LogP contribution is -2.37. The van der Waals surface area contributed by atoms with Crippen LogP contribution in [0.15, 0.2) is 70.5 Å². The third kappa shape index (κ3) is 4.25. The van der Waals surface area contributed by atoms with Gasteiger partial charge in [-0.15, -0.1) is 0 Å². The third-order valence-corrected chi connectivity index (χ3v) is 10.0. The second-order valence-corrected chi connectivity index (χ2v) is 11.6. The average Bonchev–Trinajstić information content (AvgIpc) is 2.66. The van der Waals surface area contributed by atoms with Gasteiger partial charge in [-0.25, -0.2) is 0 Å². The largest absolute Gasteiger partial charge is 0.279 e. The van der Waals surface area contributed by atoms with E-state index >= 15 is 0 Å². The molecule has 30 heavy (non-hydrogen) atoms. The summed E-state index contributed by atoms with van der Waals surface area (Å²) in [7, 11) is -9.58. The molecule has 0 aliphatic rings. The molecule has 0 unspecified atom stereocenters. The molecule has 0 amide bonds. The Hall–Kier alpha value is -1.19. The summed E-state index contributed by atoms with van der Waals surface area (Å²) in [6.45, 7) is 0. The van der Waals surface area contributed by atoms with Crippen LogP contribution in [0.2, 0.25) is 25.1 Å². The zero-order valence-corrected chi connectivity index (χ0v) is 20.0. The second-order valence-electron chi connectivity index (χ2n) is 5.79. The van der Waals surface area contributed by atoms with Crippen LogP contribution in [0.25, 0.3) is 0 Å². The van der Waals surface area contributed by atoms with Crippen molar-refractivity contribution in [3.8, 4) is 0 Å². The predicted octanol–water partition coefficient (Wildman–Crippen LogP) is 6.54. The molecule has 0 fully saturated rings. The minimum Gasteiger partial charge on any atom is -0.200 e. The monoisotopic (exact) mass is 543 g/mol. The van der Waals surface area contributed by atoms with E-state index in [9.17, 15) is 16.8 Å². The van der Waals surface area contributed by atoms with Gasteiger partial charge in [0.05, 0.1) is 30.8 Å². The van der Waals surface area contributed by atoms with Gasteiger partial charge in [0.1, 0.15) is 9.79 Å². The highest BCUT2D eigenvalue weighted by Crippen LogP contribution is 2.41. The maximum absolute atomic E-state index is 13.5. The van der Waals surface area contributed by atoms with Crippen molar-refractivity contribution >= 4 is 83.7 Å². The molecule has 0 heterocycles. The van der Waals surface area contributed by atoms with Crippen molar-refractivity contribution in [1.29, 1.82) is 0 Å². The number of nitrogens with zero attached hydrogens (tertiary/aromatic N) is 1. The van der Waals surface area contributed by atoms with E-state index in [-0.39, 0.29) is 28.8 Å². The second kappa shape index (κ2) is 8.74. The minimum atomic E-state index is -4.79. The Morgan fingerprint density at radius 3 is 1.37 bits per heavy atom. The number of hydrogen-bond acceptors (Lipinski definition) is 4. The Kier molecular flexibility index (Phi) is 6.84. The number of halogens is 5. The highest BCUT2D eigenvalue weighted by molar-refractivity contribution is 8.10. The highest BCUT2D eigenvalue weighted by atomic mass is 35.5. The summed E-state index contributed by atoms with van der Waals surface area (Å²) in [6, 6.07) is 12.9. The molecular weight excluding hydrogens is 536 g/mol. The molecule has 3 aromatic carbocycles. The fraction of sp³-hybridized carbons (Fsp3) is 0. The molecule has 5 nitrogen and oxygen atoms in total. The molecule has 0 N–H and O–H groups in total. The summed E-state index contributed by atoms with van der Waals surface area (Å²) in [5.41, 5.74) is -0.439. The van der Waals surface area contributed by atoms with Gasteiger partial charge in [0.25, 0.3) is 20.0 Å². The van der Waals surface area contributed by atoms with Crippen LogP contribution in [0, 0.1) is 0 Å². The maximum atomic E-state index is 13.5. The lowest BCUT2D eigenvalue weighted by atomic mass is 10.3. The van der Waals surface area contributed by atoms with Crippen molar-refractivity contribution in [2.24, 2.45) is 0 Å². The van der Waals surface area contributed by atoms with Gasteiger partial charge < -0.3 is 0 Å². The molecule has 3 rings (SSSR count). The molecule has 0 saturated heterocycles. The van der Waals surface area contributed by atoms with Gasteiger partial charge in [0.2, 0.25) is 0 Å². The zero-order chi connectivity index (χ0) is 22.3. The maximum Gasteiger partial charge on any atom is 0.279 e. The molecule has 12 heteroatoms. The molecule has 0 saturated carbocycles. The quantitative estimate of drug-likeness (QED) is 0.342. The third-order valence-electron chi connectivity index (χ3n) is 3.85. The Balaban J connectivity index is 2.41. The highest BCUT2D eigenvalue weighted by Gasteiger charge is 2.40. The first-order chi connectivity index (χ1) is 14.0. The smallest absolute Gasteiger partial charge is 0.200 e. The van der Waals surface area contributed by atoms with E-state index in [1.54, 1.807) is 0 Å². The Morgan fingerprint density at radius 2 is 0.933 bits per heavy atom. The van der Waals surface area contributed by atoms with Crippen LogP contribution in [0.3, 0.4) is 0 Å². The van der Waals surface area contributed by atoms with Crippen LogP contribution in [0.4, 0.5) is 5.69 Å². The SMILES string of the molecule is O=S(=O)(c1ccccc1Cl)N(c1cc(Cl)c(Cl)cc1Cl)S(=O)(=O)c1ccccc1Cl. The molecule has 0 spiro atoms.